The highest BCUT2D eigenvalue weighted by atomic mass is 35.5. The monoisotopic (exact) mass is 353 g/mol. The van der Waals surface area contributed by atoms with Crippen molar-refractivity contribution in [1.29, 1.82) is 0 Å². The van der Waals surface area contributed by atoms with Crippen molar-refractivity contribution in [1.82, 2.24) is 0 Å². The molecule has 2 nitrogen and oxygen atoms in total. The van der Waals surface area contributed by atoms with Gasteiger partial charge in [-0.2, -0.15) is 4.57 Å². The highest BCUT2D eigenvalue weighted by molar-refractivity contribution is 8.03. The number of aromatic nitrogens is 1. The van der Waals surface area contributed by atoms with Crippen molar-refractivity contribution < 1.29 is 4.57 Å². The van der Waals surface area contributed by atoms with Crippen LogP contribution in [0, 0.1) is 0 Å². The van der Waals surface area contributed by atoms with Gasteiger partial charge in [0.25, 0.3) is 0 Å². The average molecular weight is 354 g/mol. The van der Waals surface area contributed by atoms with Gasteiger partial charge in [-0.25, -0.2) is 0 Å². The maximum atomic E-state index is 6.13. The summed E-state index contributed by atoms with van der Waals surface area (Å²) in [6.45, 7) is 3.09. The second kappa shape index (κ2) is 6.15. The molecule has 2 heterocycles. The molecule has 0 spiro atoms. The number of thioether (sulfide) groups is 1. The summed E-state index contributed by atoms with van der Waals surface area (Å²) >= 11 is 7.95. The number of benzene rings is 2. The zero-order valence-corrected chi connectivity index (χ0v) is 15.2. The van der Waals surface area contributed by atoms with Crippen molar-refractivity contribution in [2.45, 2.75) is 18.4 Å². The molecule has 4 heteroatoms. The van der Waals surface area contributed by atoms with E-state index in [1.807, 2.05) is 23.9 Å². The fraction of sp³-hybridized carbons (Fsp3) is 0.150. The standard InChI is InChI=1S/C20H18ClN2S/c1-3-23-16(10-8-14-12-15(21)9-11-17(14)23)13-20-22(2)18-6-4-5-7-19(18)24-20/h4-13H,3H2,1-2H3/q+1. The molecule has 120 valence electrons. The van der Waals surface area contributed by atoms with E-state index in [1.54, 1.807) is 0 Å². The Morgan fingerprint density at radius 2 is 1.96 bits per heavy atom. The third-order valence-corrected chi connectivity index (χ3v) is 5.79. The zero-order valence-electron chi connectivity index (χ0n) is 13.7. The third kappa shape index (κ3) is 2.58. The number of hydrogen-bond donors (Lipinski definition) is 0. The second-order valence-corrected chi connectivity index (χ2v) is 7.32. The van der Waals surface area contributed by atoms with E-state index in [9.17, 15) is 0 Å². The van der Waals surface area contributed by atoms with Crippen LogP contribution in [0.2, 0.25) is 5.02 Å². The number of rotatable bonds is 2. The van der Waals surface area contributed by atoms with Crippen LogP contribution in [-0.2, 0) is 6.54 Å². The first-order valence-corrected chi connectivity index (χ1v) is 9.21. The van der Waals surface area contributed by atoms with Crippen LogP contribution in [0.1, 0.15) is 12.6 Å². The van der Waals surface area contributed by atoms with Crippen molar-refractivity contribution in [3.63, 3.8) is 0 Å². The molecule has 4 rings (SSSR count). The minimum Gasteiger partial charge on any atom is -0.338 e. The van der Waals surface area contributed by atoms with E-state index in [1.165, 1.54) is 32.2 Å². The van der Waals surface area contributed by atoms with E-state index in [0.29, 0.717) is 0 Å². The molecule has 0 atom stereocenters. The number of hydrogen-bond acceptors (Lipinski definition) is 2. The lowest BCUT2D eigenvalue weighted by molar-refractivity contribution is -0.669. The number of anilines is 1. The van der Waals surface area contributed by atoms with E-state index in [4.69, 9.17) is 11.6 Å². The Kier molecular flexibility index (Phi) is 3.99. The first kappa shape index (κ1) is 15.6. The molecule has 0 unspecified atom stereocenters. The maximum absolute atomic E-state index is 6.13. The van der Waals surface area contributed by atoms with Gasteiger partial charge in [0.15, 0.2) is 0 Å². The molecule has 0 saturated carbocycles. The van der Waals surface area contributed by atoms with Gasteiger partial charge in [0, 0.05) is 40.6 Å². The first-order chi connectivity index (χ1) is 11.7. The summed E-state index contributed by atoms with van der Waals surface area (Å²) in [6, 6.07) is 18.9. The Morgan fingerprint density at radius 3 is 2.75 bits per heavy atom. The number of para-hydroxylation sites is 1. The third-order valence-electron chi connectivity index (χ3n) is 4.39. The van der Waals surface area contributed by atoms with E-state index in [2.05, 4.69) is 72.0 Å². The molecule has 0 bridgehead atoms. The summed E-state index contributed by atoms with van der Waals surface area (Å²) < 4.78 is 2.33. The fourth-order valence-corrected chi connectivity index (χ4v) is 4.44. The summed E-state index contributed by atoms with van der Waals surface area (Å²) in [7, 11) is 2.13. The number of aryl methyl sites for hydroxylation is 1. The smallest absolute Gasteiger partial charge is 0.213 e. The first-order valence-electron chi connectivity index (χ1n) is 8.02. The van der Waals surface area contributed by atoms with Gasteiger partial charge in [-0.1, -0.05) is 35.5 Å². The quantitative estimate of drug-likeness (QED) is 0.574. The minimum absolute atomic E-state index is 0.776. The number of pyridine rings is 1. The van der Waals surface area contributed by atoms with Crippen LogP contribution in [0.5, 0.6) is 0 Å². The second-order valence-electron chi connectivity index (χ2n) is 5.82. The van der Waals surface area contributed by atoms with Gasteiger partial charge >= 0.3 is 0 Å². The van der Waals surface area contributed by atoms with E-state index in [-0.39, 0.29) is 0 Å². The Bertz CT molecular complexity index is 965. The molecular weight excluding hydrogens is 336 g/mol. The number of nitrogens with zero attached hydrogens (tertiary/aromatic N) is 2. The Labute approximate surface area is 151 Å². The lowest BCUT2D eigenvalue weighted by atomic mass is 10.2. The Morgan fingerprint density at radius 1 is 1.12 bits per heavy atom. The van der Waals surface area contributed by atoms with Gasteiger partial charge in [-0.3, -0.25) is 0 Å². The van der Waals surface area contributed by atoms with Crippen molar-refractivity contribution >= 4 is 46.0 Å². The van der Waals surface area contributed by atoms with E-state index < -0.39 is 0 Å². The number of halogens is 1. The summed E-state index contributed by atoms with van der Waals surface area (Å²) in [6.07, 6.45) is 2.27. The molecule has 0 fully saturated rings. The largest absolute Gasteiger partial charge is 0.338 e. The van der Waals surface area contributed by atoms with Gasteiger partial charge in [0.05, 0.1) is 10.7 Å². The van der Waals surface area contributed by atoms with Gasteiger partial charge in [0.2, 0.25) is 11.2 Å². The van der Waals surface area contributed by atoms with E-state index in [0.717, 1.165) is 11.6 Å². The lowest BCUT2D eigenvalue weighted by Crippen LogP contribution is -2.36. The van der Waals surface area contributed by atoms with Crippen LogP contribution in [0.3, 0.4) is 0 Å². The molecular formula is C20H18ClN2S+. The van der Waals surface area contributed by atoms with Gasteiger partial charge in [-0.05, 0) is 37.3 Å². The summed E-state index contributed by atoms with van der Waals surface area (Å²) in [5.41, 5.74) is 3.68. The Hall–Kier alpha value is -1.97. The molecule has 24 heavy (non-hydrogen) atoms. The normalized spacial score (nSPS) is 15.3. The topological polar surface area (TPSA) is 7.12 Å². The number of fused-ring (bicyclic) bond motifs is 2. The van der Waals surface area contributed by atoms with E-state index >= 15 is 0 Å². The minimum atomic E-state index is 0.776. The van der Waals surface area contributed by atoms with Crippen LogP contribution in [0.25, 0.3) is 17.0 Å². The van der Waals surface area contributed by atoms with Crippen molar-refractivity contribution in [2.24, 2.45) is 0 Å². The average Bonchev–Trinajstić information content (AvgIpc) is 2.91. The highest BCUT2D eigenvalue weighted by Crippen LogP contribution is 2.45. The molecule has 2 aromatic carbocycles. The van der Waals surface area contributed by atoms with Crippen LogP contribution in [0.15, 0.2) is 64.5 Å². The van der Waals surface area contributed by atoms with Gasteiger partial charge in [0.1, 0.15) is 6.54 Å². The van der Waals surface area contributed by atoms with Crippen LogP contribution < -0.4 is 9.47 Å². The lowest BCUT2D eigenvalue weighted by Gasteiger charge is -2.13. The maximum Gasteiger partial charge on any atom is 0.213 e. The predicted molar refractivity (Wildman–Crippen MR) is 104 cm³/mol. The molecule has 0 amide bonds. The summed E-state index contributed by atoms with van der Waals surface area (Å²) in [5, 5.41) is 3.19. The van der Waals surface area contributed by atoms with Crippen LogP contribution >= 0.6 is 23.4 Å². The molecule has 3 aromatic rings. The van der Waals surface area contributed by atoms with Crippen molar-refractivity contribution in [2.75, 3.05) is 11.9 Å². The molecule has 0 aliphatic carbocycles. The molecule has 0 radical (unpaired) electrons. The van der Waals surface area contributed by atoms with Crippen LogP contribution in [-0.4, -0.2) is 7.05 Å². The molecule has 1 aliphatic rings. The van der Waals surface area contributed by atoms with Gasteiger partial charge in [-0.15, -0.1) is 0 Å². The molecule has 0 saturated heterocycles. The van der Waals surface area contributed by atoms with Crippen molar-refractivity contribution in [3.05, 3.63) is 70.3 Å². The summed E-state index contributed by atoms with van der Waals surface area (Å²) in [4.78, 5) is 3.56. The molecule has 1 aromatic heterocycles. The summed E-state index contributed by atoms with van der Waals surface area (Å²) in [5.74, 6) is 0. The van der Waals surface area contributed by atoms with Gasteiger partial charge < -0.3 is 4.90 Å². The molecule has 0 N–H and O–H groups in total. The van der Waals surface area contributed by atoms with Crippen molar-refractivity contribution in [3.8, 4) is 0 Å². The zero-order chi connectivity index (χ0) is 16.7. The van der Waals surface area contributed by atoms with Crippen LogP contribution in [0.4, 0.5) is 5.69 Å². The highest BCUT2D eigenvalue weighted by Gasteiger charge is 2.23. The molecule has 1 aliphatic heterocycles. The fourth-order valence-electron chi connectivity index (χ4n) is 3.16. The predicted octanol–water partition coefficient (Wildman–Crippen LogP) is 5.34. The SMILES string of the molecule is CC[n+]1c(/C=C2\Sc3ccccc3N2C)ccc2cc(Cl)ccc21. The Balaban J connectivity index is 1.82.